The molecule has 1 N–H and O–H groups in total. The van der Waals surface area contributed by atoms with Crippen LogP contribution in [0.4, 0.5) is 0 Å². The molecule has 23 heavy (non-hydrogen) atoms. The zero-order valence-corrected chi connectivity index (χ0v) is 16.3. The third-order valence-corrected chi connectivity index (χ3v) is 5.19. The number of nitrogens with zero attached hydrogens (tertiary/aromatic N) is 1. The van der Waals surface area contributed by atoms with Crippen LogP contribution < -0.4 is 0 Å². The average molecular weight is 442 g/mol. The molecule has 1 aromatic carbocycles. The van der Waals surface area contributed by atoms with E-state index in [0.717, 1.165) is 26.1 Å². The van der Waals surface area contributed by atoms with Gasteiger partial charge in [0, 0.05) is 39.5 Å². The lowest BCUT2D eigenvalue weighted by molar-refractivity contribution is 0.517. The minimum absolute atomic E-state index is 0.330. The lowest BCUT2D eigenvalue weighted by Crippen LogP contribution is -2.27. The molecule has 0 aliphatic heterocycles. The molecule has 0 fully saturated rings. The van der Waals surface area contributed by atoms with Gasteiger partial charge in [-0.3, -0.25) is 0 Å². The fourth-order valence-electron chi connectivity index (χ4n) is 2.22. The molecule has 0 bridgehead atoms. The normalized spacial score (nSPS) is 11.0. The molecule has 2 rings (SSSR count). The zero-order valence-electron chi connectivity index (χ0n) is 13.4. The van der Waals surface area contributed by atoms with Crippen LogP contribution in [0.5, 0.6) is 0 Å². The van der Waals surface area contributed by atoms with E-state index in [4.69, 9.17) is 0 Å². The number of aromatic amines is 1. The van der Waals surface area contributed by atoms with E-state index in [0.29, 0.717) is 13.0 Å². The van der Waals surface area contributed by atoms with Crippen LogP contribution in [0.25, 0.3) is 0 Å². The molecule has 0 aliphatic rings. The van der Waals surface area contributed by atoms with Crippen LogP contribution in [0.2, 0.25) is 0 Å². The number of rotatable bonds is 4. The Kier molecular flexibility index (Phi) is 5.76. The molecule has 0 saturated heterocycles. The standard InChI is InChI=1S/C17H19IN2O2S/c1-13-12-14(2)19-17(13)9-11-20(23(3,21)22)10-8-15-4-6-16(18)7-5-15/h4-7,12,19H,9,11H2,1-3H3. The van der Waals surface area contributed by atoms with Crippen LogP contribution in [-0.4, -0.2) is 30.5 Å². The second-order valence-electron chi connectivity index (χ2n) is 5.44. The van der Waals surface area contributed by atoms with E-state index in [1.807, 2.05) is 38.1 Å². The van der Waals surface area contributed by atoms with Crippen LogP contribution in [0.3, 0.4) is 0 Å². The summed E-state index contributed by atoms with van der Waals surface area (Å²) in [6.07, 6.45) is 1.79. The molecular weight excluding hydrogens is 423 g/mol. The Hall–Kier alpha value is -1.46. The summed E-state index contributed by atoms with van der Waals surface area (Å²) in [5.41, 5.74) is 4.06. The van der Waals surface area contributed by atoms with Crippen molar-refractivity contribution in [3.63, 3.8) is 0 Å². The van der Waals surface area contributed by atoms with Gasteiger partial charge in [-0.25, -0.2) is 12.7 Å². The molecule has 1 heterocycles. The van der Waals surface area contributed by atoms with E-state index in [-0.39, 0.29) is 0 Å². The summed E-state index contributed by atoms with van der Waals surface area (Å²) >= 11 is 2.22. The Morgan fingerprint density at radius 1 is 1.22 bits per heavy atom. The Morgan fingerprint density at radius 2 is 1.87 bits per heavy atom. The van der Waals surface area contributed by atoms with Gasteiger partial charge in [-0.2, -0.15) is 0 Å². The van der Waals surface area contributed by atoms with E-state index >= 15 is 0 Å². The molecule has 6 heteroatoms. The summed E-state index contributed by atoms with van der Waals surface area (Å²) in [7, 11) is -3.38. The molecule has 0 radical (unpaired) electrons. The van der Waals surface area contributed by atoms with Gasteiger partial charge >= 0.3 is 0 Å². The highest BCUT2D eigenvalue weighted by Crippen LogP contribution is 2.11. The number of hydrogen-bond acceptors (Lipinski definition) is 2. The van der Waals surface area contributed by atoms with Crippen molar-refractivity contribution in [3.05, 3.63) is 56.4 Å². The van der Waals surface area contributed by atoms with Gasteiger partial charge in [0.25, 0.3) is 0 Å². The number of nitrogens with one attached hydrogen (secondary N) is 1. The summed E-state index contributed by atoms with van der Waals surface area (Å²) in [5, 5.41) is 0. The van der Waals surface area contributed by atoms with Crippen molar-refractivity contribution >= 4 is 32.6 Å². The van der Waals surface area contributed by atoms with E-state index in [9.17, 15) is 8.42 Å². The first-order valence-electron chi connectivity index (χ1n) is 7.16. The second-order valence-corrected chi connectivity index (χ2v) is 8.60. The Labute approximate surface area is 151 Å². The first-order valence-corrected chi connectivity index (χ1v) is 10.1. The van der Waals surface area contributed by atoms with Gasteiger partial charge in [-0.15, -0.1) is 0 Å². The monoisotopic (exact) mass is 442 g/mol. The minimum Gasteiger partial charge on any atom is -0.362 e. The smallest absolute Gasteiger partial charge is 0.238 e. The van der Waals surface area contributed by atoms with E-state index in [1.54, 1.807) is 0 Å². The SMILES string of the molecule is Cc1cc(C)c(CCN(C#Cc2ccc(I)cc2)S(C)(=O)=O)[nH]1. The van der Waals surface area contributed by atoms with Gasteiger partial charge in [0.2, 0.25) is 10.0 Å². The molecule has 2 aromatic rings. The third kappa shape index (κ3) is 5.29. The van der Waals surface area contributed by atoms with Crippen molar-refractivity contribution in [2.75, 3.05) is 12.8 Å². The van der Waals surface area contributed by atoms with Crippen molar-refractivity contribution < 1.29 is 8.42 Å². The summed E-state index contributed by atoms with van der Waals surface area (Å²) in [6, 6.07) is 12.5. The van der Waals surface area contributed by atoms with Gasteiger partial charge in [0.15, 0.2) is 0 Å². The third-order valence-electron chi connectivity index (χ3n) is 3.39. The molecule has 0 spiro atoms. The second kappa shape index (κ2) is 7.41. The molecule has 122 valence electrons. The predicted molar refractivity (Wildman–Crippen MR) is 102 cm³/mol. The van der Waals surface area contributed by atoms with Crippen LogP contribution in [0.15, 0.2) is 30.3 Å². The van der Waals surface area contributed by atoms with E-state index in [2.05, 4.69) is 45.6 Å². The topological polar surface area (TPSA) is 53.2 Å². The number of benzene rings is 1. The van der Waals surface area contributed by atoms with Crippen LogP contribution in [-0.2, 0) is 16.4 Å². The highest BCUT2D eigenvalue weighted by Gasteiger charge is 2.13. The number of aromatic nitrogens is 1. The largest absolute Gasteiger partial charge is 0.362 e. The molecule has 0 atom stereocenters. The Balaban J connectivity index is 2.15. The highest BCUT2D eigenvalue weighted by atomic mass is 127. The molecule has 1 aromatic heterocycles. The Morgan fingerprint density at radius 3 is 2.39 bits per heavy atom. The van der Waals surface area contributed by atoms with E-state index in [1.165, 1.54) is 10.6 Å². The van der Waals surface area contributed by atoms with Crippen molar-refractivity contribution in [3.8, 4) is 12.0 Å². The number of halogens is 1. The number of aryl methyl sites for hydroxylation is 2. The van der Waals surface area contributed by atoms with Crippen molar-refractivity contribution in [1.29, 1.82) is 0 Å². The summed E-state index contributed by atoms with van der Waals surface area (Å²) in [6.45, 7) is 4.33. The molecular formula is C17H19IN2O2S. The van der Waals surface area contributed by atoms with Crippen molar-refractivity contribution in [2.45, 2.75) is 20.3 Å². The average Bonchev–Trinajstić information content (AvgIpc) is 2.77. The maximum Gasteiger partial charge on any atom is 0.238 e. The summed E-state index contributed by atoms with van der Waals surface area (Å²) < 4.78 is 26.2. The van der Waals surface area contributed by atoms with Crippen LogP contribution in [0, 0.1) is 29.4 Å². The number of H-pyrrole nitrogens is 1. The van der Waals surface area contributed by atoms with Crippen LogP contribution in [0.1, 0.15) is 22.5 Å². The maximum atomic E-state index is 11.9. The summed E-state index contributed by atoms with van der Waals surface area (Å²) in [5.74, 6) is 2.92. The van der Waals surface area contributed by atoms with Gasteiger partial charge in [0.1, 0.15) is 0 Å². The first kappa shape index (κ1) is 17.9. The number of sulfonamides is 1. The fourth-order valence-corrected chi connectivity index (χ4v) is 3.22. The quantitative estimate of drug-likeness (QED) is 0.450. The highest BCUT2D eigenvalue weighted by molar-refractivity contribution is 14.1. The molecule has 0 aliphatic carbocycles. The lowest BCUT2D eigenvalue weighted by Gasteiger charge is -2.14. The molecule has 0 unspecified atom stereocenters. The maximum absolute atomic E-state index is 11.9. The van der Waals surface area contributed by atoms with Gasteiger partial charge in [-0.05, 0) is 78.3 Å². The fraction of sp³-hybridized carbons (Fsp3) is 0.294. The van der Waals surface area contributed by atoms with E-state index < -0.39 is 10.0 Å². The lowest BCUT2D eigenvalue weighted by atomic mass is 10.2. The Bertz CT molecular complexity index is 843. The minimum atomic E-state index is -3.38. The molecule has 0 amide bonds. The molecule has 0 saturated carbocycles. The van der Waals surface area contributed by atoms with Gasteiger partial charge in [0.05, 0.1) is 6.26 Å². The van der Waals surface area contributed by atoms with Crippen molar-refractivity contribution in [1.82, 2.24) is 9.29 Å². The first-order chi connectivity index (χ1) is 10.8. The molecule has 4 nitrogen and oxygen atoms in total. The predicted octanol–water partition coefficient (Wildman–Crippen LogP) is 3.05. The summed E-state index contributed by atoms with van der Waals surface area (Å²) in [4.78, 5) is 3.26. The van der Waals surface area contributed by atoms with Crippen molar-refractivity contribution in [2.24, 2.45) is 0 Å². The van der Waals surface area contributed by atoms with Crippen LogP contribution >= 0.6 is 22.6 Å². The number of hydrogen-bond donors (Lipinski definition) is 1. The zero-order chi connectivity index (χ0) is 17.0. The van der Waals surface area contributed by atoms with Gasteiger partial charge < -0.3 is 4.98 Å². The van der Waals surface area contributed by atoms with Gasteiger partial charge in [-0.1, -0.05) is 0 Å².